The Bertz CT molecular complexity index is 1040. The molecule has 1 aromatic carbocycles. The van der Waals surface area contributed by atoms with E-state index in [0.29, 0.717) is 5.56 Å². The van der Waals surface area contributed by atoms with Gasteiger partial charge in [0, 0.05) is 17.9 Å². The summed E-state index contributed by atoms with van der Waals surface area (Å²) in [5.74, 6) is -4.85. The fourth-order valence-corrected chi connectivity index (χ4v) is 4.10. The lowest BCUT2D eigenvalue weighted by molar-refractivity contribution is -0.352. The molecule has 13 heteroatoms. The van der Waals surface area contributed by atoms with Gasteiger partial charge in [-0.1, -0.05) is 12.1 Å². The van der Waals surface area contributed by atoms with Crippen LogP contribution in [0.25, 0.3) is 0 Å². The van der Waals surface area contributed by atoms with Crippen molar-refractivity contribution in [3.05, 3.63) is 47.2 Å². The number of carboxylic acids is 1. The third-order valence-electron chi connectivity index (χ3n) is 6.19. The Hall–Kier alpha value is -3.20. The molecule has 7 N–H and O–H groups in total. The Kier molecular flexibility index (Phi) is 9.48. The van der Waals surface area contributed by atoms with Crippen LogP contribution >= 0.6 is 0 Å². The number of ether oxygens (including phenoxy) is 4. The maximum atomic E-state index is 12.6. The van der Waals surface area contributed by atoms with E-state index < -0.39 is 61.5 Å². The summed E-state index contributed by atoms with van der Waals surface area (Å²) in [4.78, 5) is 24.4. The average Bonchev–Trinajstić information content (AvgIpc) is 2.85. The molecule has 0 spiro atoms. The molecule has 2 aliphatic heterocycles. The van der Waals surface area contributed by atoms with Crippen molar-refractivity contribution in [1.82, 2.24) is 0 Å². The average molecular weight is 526 g/mol. The van der Waals surface area contributed by atoms with E-state index in [9.17, 15) is 45.3 Å². The van der Waals surface area contributed by atoms with Crippen LogP contribution in [0.5, 0.6) is 11.5 Å². The minimum absolute atomic E-state index is 0.0737. The first-order valence-electron chi connectivity index (χ1n) is 11.4. The summed E-state index contributed by atoms with van der Waals surface area (Å²) < 4.78 is 21.5. The molecule has 0 aliphatic carbocycles. The lowest BCUT2D eigenvalue weighted by Crippen LogP contribution is -2.57. The second-order valence-corrected chi connectivity index (χ2v) is 8.54. The number of hydrogen-bond donors (Lipinski definition) is 7. The minimum atomic E-state index is -1.81. The van der Waals surface area contributed by atoms with E-state index >= 15 is 0 Å². The highest BCUT2D eigenvalue weighted by Crippen LogP contribution is 2.36. The van der Waals surface area contributed by atoms with Crippen molar-refractivity contribution in [3.8, 4) is 11.5 Å². The second kappa shape index (κ2) is 12.4. The molecule has 1 fully saturated rings. The van der Waals surface area contributed by atoms with Gasteiger partial charge in [-0.2, -0.15) is 0 Å². The summed E-state index contributed by atoms with van der Waals surface area (Å²) in [5.41, 5.74) is 0.575. The summed E-state index contributed by atoms with van der Waals surface area (Å²) in [6.45, 7) is 0.822. The molecule has 0 aromatic heterocycles. The monoisotopic (exact) mass is 526 g/mol. The Balaban J connectivity index is 1.69. The maximum absolute atomic E-state index is 12.6. The van der Waals surface area contributed by atoms with Gasteiger partial charge in [0.05, 0.1) is 43.5 Å². The number of allylic oxidation sites excluding steroid dienone is 1. The van der Waals surface area contributed by atoms with Gasteiger partial charge in [0.2, 0.25) is 6.29 Å². The number of carbonyl (C=O) groups is 2. The van der Waals surface area contributed by atoms with Crippen molar-refractivity contribution >= 4 is 11.9 Å². The van der Waals surface area contributed by atoms with Crippen LogP contribution in [0.3, 0.4) is 0 Å². The van der Waals surface area contributed by atoms with Crippen molar-refractivity contribution in [1.29, 1.82) is 0 Å². The van der Waals surface area contributed by atoms with E-state index in [1.807, 2.05) is 0 Å². The standard InChI is InChI=1S/C24H30O13/c1-2-12-13(8-18(28)34-6-5-11-3-4-16(26)17(27)7-11)15(21(31)32)10-35-23(12)37-24-14(9-25)19(29)20(30)22(33)36-24/h2-4,7,10,13-14,19-20,22-27,29-30,33H,5-6,8-9H2,1H3,(H,31,32)/t13-,14-,19-,20-,22+,23?,24?/m0/s1. The highest BCUT2D eigenvalue weighted by Gasteiger charge is 2.47. The number of rotatable bonds is 9. The van der Waals surface area contributed by atoms with E-state index in [4.69, 9.17) is 18.9 Å². The van der Waals surface area contributed by atoms with Crippen molar-refractivity contribution < 1.29 is 64.3 Å². The molecular formula is C24H30O13. The summed E-state index contributed by atoms with van der Waals surface area (Å²) >= 11 is 0. The lowest BCUT2D eigenvalue weighted by atomic mass is 9.86. The van der Waals surface area contributed by atoms with Crippen molar-refractivity contribution in [3.63, 3.8) is 0 Å². The predicted octanol–water partition coefficient (Wildman–Crippen LogP) is -0.518. The molecule has 13 nitrogen and oxygen atoms in total. The van der Waals surface area contributed by atoms with E-state index in [0.717, 1.165) is 6.26 Å². The molecular weight excluding hydrogens is 496 g/mol. The molecule has 0 saturated carbocycles. The van der Waals surface area contributed by atoms with Crippen LogP contribution in [0.15, 0.2) is 41.7 Å². The van der Waals surface area contributed by atoms with Gasteiger partial charge in [0.1, 0.15) is 6.10 Å². The second-order valence-electron chi connectivity index (χ2n) is 8.54. The number of phenolic OH excluding ortho intramolecular Hbond substituents is 2. The smallest absolute Gasteiger partial charge is 0.335 e. The van der Waals surface area contributed by atoms with Gasteiger partial charge in [-0.25, -0.2) is 4.79 Å². The van der Waals surface area contributed by atoms with Crippen LogP contribution in [0, 0.1) is 11.8 Å². The number of carboxylic acid groups (broad SMARTS) is 1. The zero-order valence-electron chi connectivity index (χ0n) is 19.8. The zero-order valence-corrected chi connectivity index (χ0v) is 19.8. The molecule has 2 unspecified atom stereocenters. The molecule has 37 heavy (non-hydrogen) atoms. The van der Waals surface area contributed by atoms with Gasteiger partial charge in [0.25, 0.3) is 0 Å². The van der Waals surface area contributed by atoms with E-state index in [-0.39, 0.29) is 42.1 Å². The number of aliphatic hydroxyl groups excluding tert-OH is 4. The number of aliphatic hydroxyl groups is 4. The summed E-state index contributed by atoms with van der Waals surface area (Å²) in [6.07, 6.45) is -5.58. The zero-order chi connectivity index (χ0) is 27.3. The summed E-state index contributed by atoms with van der Waals surface area (Å²) in [6, 6.07) is 4.17. The Labute approximate surface area is 211 Å². The van der Waals surface area contributed by atoms with Crippen molar-refractivity contribution in [2.45, 2.75) is 50.8 Å². The van der Waals surface area contributed by atoms with Gasteiger partial charge < -0.3 is 54.7 Å². The third kappa shape index (κ3) is 6.57. The largest absolute Gasteiger partial charge is 0.504 e. The lowest BCUT2D eigenvalue weighted by Gasteiger charge is -2.42. The Morgan fingerprint density at radius 2 is 1.84 bits per heavy atom. The fourth-order valence-electron chi connectivity index (χ4n) is 4.10. The summed E-state index contributed by atoms with van der Waals surface area (Å²) in [7, 11) is 0. The Morgan fingerprint density at radius 1 is 1.11 bits per heavy atom. The van der Waals surface area contributed by atoms with E-state index in [2.05, 4.69) is 0 Å². The summed E-state index contributed by atoms with van der Waals surface area (Å²) in [5, 5.41) is 68.0. The van der Waals surface area contributed by atoms with Crippen molar-refractivity contribution in [2.24, 2.45) is 11.8 Å². The molecule has 2 aliphatic rings. The molecule has 0 bridgehead atoms. The molecule has 1 saturated heterocycles. The first-order chi connectivity index (χ1) is 17.6. The number of aromatic hydroxyl groups is 2. The van der Waals surface area contributed by atoms with E-state index in [1.165, 1.54) is 18.2 Å². The SMILES string of the molecule is CC=C1C(OC2O[C@@H](O)[C@@H](O)[C@@H](O)[C@@H]2CO)OC=C(C(=O)O)[C@H]1CC(=O)OCCc1ccc(O)c(O)c1. The molecule has 3 rings (SSSR count). The number of carbonyl (C=O) groups excluding carboxylic acids is 1. The first kappa shape index (κ1) is 28.4. The number of aliphatic carboxylic acids is 1. The van der Waals surface area contributed by atoms with Gasteiger partial charge in [-0.05, 0) is 24.6 Å². The quantitative estimate of drug-likeness (QED) is 0.123. The predicted molar refractivity (Wildman–Crippen MR) is 121 cm³/mol. The molecule has 0 radical (unpaired) electrons. The minimum Gasteiger partial charge on any atom is -0.504 e. The van der Waals surface area contributed by atoms with E-state index in [1.54, 1.807) is 13.0 Å². The van der Waals surface area contributed by atoms with Crippen LogP contribution in [0.2, 0.25) is 0 Å². The first-order valence-corrected chi connectivity index (χ1v) is 11.4. The van der Waals surface area contributed by atoms with Gasteiger partial charge >= 0.3 is 11.9 Å². The highest BCUT2D eigenvalue weighted by molar-refractivity contribution is 5.89. The molecule has 1 aromatic rings. The molecule has 7 atom stereocenters. The number of benzene rings is 1. The topological polar surface area (TPSA) is 213 Å². The van der Waals surface area contributed by atoms with Crippen LogP contribution in [0.1, 0.15) is 18.9 Å². The molecule has 204 valence electrons. The van der Waals surface area contributed by atoms with Crippen molar-refractivity contribution in [2.75, 3.05) is 13.2 Å². The van der Waals surface area contributed by atoms with Gasteiger partial charge in [0.15, 0.2) is 24.1 Å². The van der Waals surface area contributed by atoms with Crippen LogP contribution in [0.4, 0.5) is 0 Å². The number of hydrogen-bond acceptors (Lipinski definition) is 12. The molecule has 2 heterocycles. The Morgan fingerprint density at radius 3 is 2.46 bits per heavy atom. The fraction of sp³-hybridized carbons (Fsp3) is 0.500. The van der Waals surface area contributed by atoms with Gasteiger partial charge in [-0.15, -0.1) is 0 Å². The van der Waals surface area contributed by atoms with Crippen LogP contribution < -0.4 is 0 Å². The van der Waals surface area contributed by atoms with Crippen LogP contribution in [-0.2, 0) is 35.0 Å². The number of phenols is 2. The van der Waals surface area contributed by atoms with Crippen LogP contribution in [-0.4, -0.2) is 92.0 Å². The highest BCUT2D eigenvalue weighted by atomic mass is 16.8. The third-order valence-corrected chi connectivity index (χ3v) is 6.19. The molecule has 0 amide bonds. The normalized spacial score (nSPS) is 30.9. The number of esters is 1. The van der Waals surface area contributed by atoms with Gasteiger partial charge in [-0.3, -0.25) is 4.79 Å². The maximum Gasteiger partial charge on any atom is 0.335 e.